The molecule has 2 unspecified atom stereocenters. The van der Waals surface area contributed by atoms with Crippen LogP contribution < -0.4 is 14.8 Å². The molecule has 2 aromatic heterocycles. The molecule has 2 atom stereocenters. The van der Waals surface area contributed by atoms with Gasteiger partial charge in [0.2, 0.25) is 6.10 Å². The number of carbonyl (C=O) groups excluding carboxylic acids is 1. The summed E-state index contributed by atoms with van der Waals surface area (Å²) >= 11 is 0. The third kappa shape index (κ3) is 3.01. The van der Waals surface area contributed by atoms with Crippen molar-refractivity contribution in [3.63, 3.8) is 0 Å². The number of hydrogen-bond acceptors (Lipinski definition) is 6. The molecule has 0 aliphatic carbocycles. The number of hydrogen-bond donors (Lipinski definition) is 1. The average molecular weight is 337 g/mol. The number of nitrogens with zero attached hydrogens (tertiary/aromatic N) is 4. The Morgan fingerprint density at radius 3 is 2.64 bits per heavy atom. The van der Waals surface area contributed by atoms with Crippen molar-refractivity contribution >= 4 is 11.6 Å². The molecule has 0 fully saturated rings. The number of anilines is 1. The van der Waals surface area contributed by atoms with Crippen LogP contribution in [0.25, 0.3) is 5.82 Å². The second-order valence-corrected chi connectivity index (χ2v) is 5.54. The van der Waals surface area contributed by atoms with Gasteiger partial charge in [-0.25, -0.2) is 14.6 Å². The molecule has 1 aromatic carbocycles. The third-order valence-corrected chi connectivity index (χ3v) is 3.77. The van der Waals surface area contributed by atoms with E-state index in [1.165, 1.54) is 11.0 Å². The molecule has 1 aliphatic heterocycles. The predicted octanol–water partition coefficient (Wildman–Crippen LogP) is 1.83. The lowest BCUT2D eigenvalue weighted by Gasteiger charge is -2.30. The summed E-state index contributed by atoms with van der Waals surface area (Å²) in [7, 11) is 0. The predicted molar refractivity (Wildman–Crippen MR) is 88.7 cm³/mol. The van der Waals surface area contributed by atoms with Crippen molar-refractivity contribution in [1.82, 2.24) is 19.7 Å². The van der Waals surface area contributed by atoms with Gasteiger partial charge in [0.05, 0.1) is 11.9 Å². The number of nitrogens with one attached hydrogen (secondary N) is 1. The fourth-order valence-electron chi connectivity index (χ4n) is 2.54. The molecular formula is C17H15N5O3. The summed E-state index contributed by atoms with van der Waals surface area (Å²) in [5.74, 6) is 1.51. The summed E-state index contributed by atoms with van der Waals surface area (Å²) in [6.45, 7) is 1.80. The Hall–Kier alpha value is -3.42. The minimum atomic E-state index is -0.745. The monoisotopic (exact) mass is 337 g/mol. The smallest absolute Gasteiger partial charge is 0.269 e. The van der Waals surface area contributed by atoms with Crippen LogP contribution >= 0.6 is 0 Å². The van der Waals surface area contributed by atoms with E-state index < -0.39 is 12.2 Å². The van der Waals surface area contributed by atoms with Crippen molar-refractivity contribution in [2.75, 3.05) is 5.32 Å². The normalized spacial score (nSPS) is 18.6. The van der Waals surface area contributed by atoms with E-state index in [4.69, 9.17) is 9.47 Å². The Morgan fingerprint density at radius 1 is 1.16 bits per heavy atom. The zero-order chi connectivity index (χ0) is 17.2. The Labute approximate surface area is 143 Å². The Morgan fingerprint density at radius 2 is 1.96 bits per heavy atom. The number of rotatable bonds is 3. The number of aromatic nitrogens is 4. The van der Waals surface area contributed by atoms with E-state index in [0.29, 0.717) is 23.0 Å². The van der Waals surface area contributed by atoms with Gasteiger partial charge in [-0.15, -0.1) is 0 Å². The van der Waals surface area contributed by atoms with Crippen molar-refractivity contribution in [3.8, 4) is 17.3 Å². The van der Waals surface area contributed by atoms with Gasteiger partial charge in [-0.05, 0) is 31.2 Å². The maximum absolute atomic E-state index is 12.5. The second-order valence-electron chi connectivity index (χ2n) is 5.54. The topological polar surface area (TPSA) is 91.2 Å². The van der Waals surface area contributed by atoms with Gasteiger partial charge in [0.1, 0.15) is 18.8 Å². The summed E-state index contributed by atoms with van der Waals surface area (Å²) in [5, 5.41) is 6.79. The lowest BCUT2D eigenvalue weighted by atomic mass is 10.1. The van der Waals surface area contributed by atoms with Gasteiger partial charge in [0.25, 0.3) is 5.91 Å². The van der Waals surface area contributed by atoms with Gasteiger partial charge >= 0.3 is 0 Å². The minimum Gasteiger partial charge on any atom is -0.482 e. The summed E-state index contributed by atoms with van der Waals surface area (Å²) in [4.78, 5) is 20.6. The molecule has 0 spiro atoms. The number of pyridine rings is 1. The second kappa shape index (κ2) is 6.23. The number of benzene rings is 1. The van der Waals surface area contributed by atoms with E-state index in [-0.39, 0.29) is 5.91 Å². The molecule has 25 heavy (non-hydrogen) atoms. The summed E-state index contributed by atoms with van der Waals surface area (Å²) in [5.41, 5.74) is 0.559. The van der Waals surface area contributed by atoms with Crippen LogP contribution in [0.2, 0.25) is 0 Å². The molecule has 1 N–H and O–H groups in total. The van der Waals surface area contributed by atoms with Crippen LogP contribution in [0.5, 0.6) is 11.5 Å². The highest BCUT2D eigenvalue weighted by Gasteiger charge is 2.34. The molecule has 1 aliphatic rings. The highest BCUT2D eigenvalue weighted by molar-refractivity contribution is 5.95. The van der Waals surface area contributed by atoms with E-state index in [1.807, 2.05) is 18.2 Å². The molecule has 0 bridgehead atoms. The van der Waals surface area contributed by atoms with Crippen molar-refractivity contribution in [3.05, 3.63) is 55.2 Å². The number of ether oxygens (including phenoxy) is 2. The van der Waals surface area contributed by atoms with E-state index in [0.717, 1.165) is 0 Å². The van der Waals surface area contributed by atoms with E-state index in [9.17, 15) is 4.79 Å². The molecule has 0 radical (unpaired) electrons. The van der Waals surface area contributed by atoms with Crippen LogP contribution in [0.1, 0.15) is 6.92 Å². The zero-order valence-corrected chi connectivity index (χ0v) is 13.4. The maximum Gasteiger partial charge on any atom is 0.269 e. The fourth-order valence-corrected chi connectivity index (χ4v) is 2.54. The molecule has 1 amide bonds. The molecule has 4 rings (SSSR count). The van der Waals surface area contributed by atoms with Crippen molar-refractivity contribution in [2.24, 2.45) is 0 Å². The standard InChI is InChI=1S/C17H15N5O3/c1-11-16(25-14-5-3-2-4-13(14)24-11)17(23)21-12-6-7-15(19-8-12)22-10-18-9-20-22/h2-11,16H,1H3,(H,21,23). The van der Waals surface area contributed by atoms with Crippen LogP contribution in [0.3, 0.4) is 0 Å². The Balaban J connectivity index is 1.47. The summed E-state index contributed by atoms with van der Waals surface area (Å²) in [6, 6.07) is 10.8. The molecule has 3 aromatic rings. The van der Waals surface area contributed by atoms with Crippen LogP contribution in [-0.4, -0.2) is 37.9 Å². The Bertz CT molecular complexity index is 880. The highest BCUT2D eigenvalue weighted by Crippen LogP contribution is 2.33. The van der Waals surface area contributed by atoms with Crippen molar-refractivity contribution in [1.29, 1.82) is 0 Å². The number of amides is 1. The lowest BCUT2D eigenvalue weighted by Crippen LogP contribution is -2.46. The van der Waals surface area contributed by atoms with Crippen LogP contribution in [0.15, 0.2) is 55.2 Å². The van der Waals surface area contributed by atoms with Gasteiger partial charge in [0.15, 0.2) is 17.3 Å². The molecule has 8 heteroatoms. The SMILES string of the molecule is CC1Oc2ccccc2OC1C(=O)Nc1ccc(-n2cncn2)nc1. The summed E-state index contributed by atoms with van der Waals surface area (Å²) in [6.07, 6.45) is 3.38. The molecule has 3 heterocycles. The Kier molecular flexibility index (Phi) is 3.77. The van der Waals surface area contributed by atoms with E-state index in [2.05, 4.69) is 20.4 Å². The van der Waals surface area contributed by atoms with Crippen LogP contribution in [-0.2, 0) is 4.79 Å². The van der Waals surface area contributed by atoms with E-state index >= 15 is 0 Å². The molecule has 0 saturated carbocycles. The number of para-hydroxylation sites is 2. The van der Waals surface area contributed by atoms with Gasteiger partial charge in [-0.2, -0.15) is 5.10 Å². The number of fused-ring (bicyclic) bond motifs is 1. The van der Waals surface area contributed by atoms with Gasteiger partial charge < -0.3 is 14.8 Å². The highest BCUT2D eigenvalue weighted by atomic mass is 16.6. The lowest BCUT2D eigenvalue weighted by molar-refractivity contribution is -0.128. The van der Waals surface area contributed by atoms with Crippen LogP contribution in [0, 0.1) is 0 Å². The number of carbonyl (C=O) groups is 1. The maximum atomic E-state index is 12.5. The first-order valence-corrected chi connectivity index (χ1v) is 7.75. The van der Waals surface area contributed by atoms with E-state index in [1.54, 1.807) is 37.6 Å². The summed E-state index contributed by atoms with van der Waals surface area (Å²) < 4.78 is 13.1. The quantitative estimate of drug-likeness (QED) is 0.784. The molecule has 0 saturated heterocycles. The van der Waals surface area contributed by atoms with Gasteiger partial charge in [0, 0.05) is 0 Å². The largest absolute Gasteiger partial charge is 0.482 e. The third-order valence-electron chi connectivity index (χ3n) is 3.77. The fraction of sp³-hybridized carbons (Fsp3) is 0.176. The average Bonchev–Trinajstić information content (AvgIpc) is 3.16. The molecule has 8 nitrogen and oxygen atoms in total. The van der Waals surface area contributed by atoms with Crippen molar-refractivity contribution in [2.45, 2.75) is 19.1 Å². The van der Waals surface area contributed by atoms with Gasteiger partial charge in [-0.1, -0.05) is 12.1 Å². The van der Waals surface area contributed by atoms with Gasteiger partial charge in [-0.3, -0.25) is 4.79 Å². The zero-order valence-electron chi connectivity index (χ0n) is 13.4. The first kappa shape index (κ1) is 15.1. The first-order valence-electron chi connectivity index (χ1n) is 7.75. The van der Waals surface area contributed by atoms with Crippen molar-refractivity contribution < 1.29 is 14.3 Å². The van der Waals surface area contributed by atoms with Crippen LogP contribution in [0.4, 0.5) is 5.69 Å². The first-order chi connectivity index (χ1) is 12.2. The minimum absolute atomic E-state index is 0.294. The molecule has 126 valence electrons. The molecular weight excluding hydrogens is 322 g/mol.